The van der Waals surface area contributed by atoms with Gasteiger partial charge in [-0.2, -0.15) is 0 Å². The number of benzene rings is 1. The highest BCUT2D eigenvalue weighted by Gasteiger charge is 2.14. The Morgan fingerprint density at radius 3 is 2.60 bits per heavy atom. The zero-order chi connectivity index (χ0) is 15.0. The third kappa shape index (κ3) is 5.51. The predicted octanol–water partition coefficient (Wildman–Crippen LogP) is 2.95. The molecule has 0 spiro atoms. The second-order valence-electron chi connectivity index (χ2n) is 5.66. The minimum atomic E-state index is 0.497. The summed E-state index contributed by atoms with van der Waals surface area (Å²) in [7, 11) is 3.94. The Kier molecular flexibility index (Phi) is 7.63. The fourth-order valence-electron chi connectivity index (χ4n) is 2.41. The topological polar surface area (TPSA) is 24.5 Å². The van der Waals surface area contributed by atoms with E-state index in [-0.39, 0.29) is 0 Å². The molecule has 1 N–H and O–H groups in total. The van der Waals surface area contributed by atoms with E-state index < -0.39 is 0 Å². The van der Waals surface area contributed by atoms with Crippen LogP contribution in [0.25, 0.3) is 0 Å². The maximum atomic E-state index is 5.43. The van der Waals surface area contributed by atoms with Crippen molar-refractivity contribution in [2.75, 3.05) is 27.2 Å². The fraction of sp³-hybridized carbons (Fsp3) is 0.647. The van der Waals surface area contributed by atoms with Crippen LogP contribution in [0.15, 0.2) is 24.3 Å². The molecule has 0 aliphatic rings. The monoisotopic (exact) mass is 278 g/mol. The van der Waals surface area contributed by atoms with Gasteiger partial charge < -0.3 is 15.0 Å². The molecular weight excluding hydrogens is 248 g/mol. The van der Waals surface area contributed by atoms with Crippen LogP contribution in [-0.4, -0.2) is 44.2 Å². The Bertz CT molecular complexity index is 381. The molecule has 0 saturated carbocycles. The van der Waals surface area contributed by atoms with Crippen LogP contribution in [0.1, 0.15) is 32.8 Å². The highest BCUT2D eigenvalue weighted by Crippen LogP contribution is 2.20. The maximum Gasteiger partial charge on any atom is 0.122 e. The second-order valence-corrected chi connectivity index (χ2v) is 5.66. The van der Waals surface area contributed by atoms with E-state index in [1.807, 2.05) is 12.1 Å². The lowest BCUT2D eigenvalue weighted by Crippen LogP contribution is -2.42. The summed E-state index contributed by atoms with van der Waals surface area (Å²) in [5.74, 6) is 0.991. The second kappa shape index (κ2) is 8.98. The van der Waals surface area contributed by atoms with E-state index in [2.05, 4.69) is 50.2 Å². The van der Waals surface area contributed by atoms with Crippen molar-refractivity contribution in [3.63, 3.8) is 0 Å². The van der Waals surface area contributed by atoms with Crippen LogP contribution in [0, 0.1) is 0 Å². The number of likely N-dealkylation sites (N-methyl/N-ethyl adjacent to an activating group) is 1. The van der Waals surface area contributed by atoms with E-state index in [1.165, 1.54) is 12.0 Å². The molecule has 3 nitrogen and oxygen atoms in total. The van der Waals surface area contributed by atoms with Crippen LogP contribution >= 0.6 is 0 Å². The third-order valence-electron chi connectivity index (χ3n) is 3.76. The molecule has 0 aliphatic carbocycles. The van der Waals surface area contributed by atoms with Crippen molar-refractivity contribution in [2.24, 2.45) is 0 Å². The number of rotatable bonds is 9. The molecule has 2 atom stereocenters. The van der Waals surface area contributed by atoms with Crippen LogP contribution in [-0.2, 0) is 6.42 Å². The predicted molar refractivity (Wildman–Crippen MR) is 86.5 cm³/mol. The molecule has 1 aromatic carbocycles. The number of ether oxygens (including phenoxy) is 1. The van der Waals surface area contributed by atoms with Gasteiger partial charge >= 0.3 is 0 Å². The van der Waals surface area contributed by atoms with Crippen molar-refractivity contribution >= 4 is 0 Å². The van der Waals surface area contributed by atoms with E-state index in [4.69, 9.17) is 4.74 Å². The van der Waals surface area contributed by atoms with Crippen molar-refractivity contribution in [3.05, 3.63) is 29.8 Å². The average Bonchev–Trinajstić information content (AvgIpc) is 2.45. The minimum Gasteiger partial charge on any atom is -0.496 e. The summed E-state index contributed by atoms with van der Waals surface area (Å²) < 4.78 is 5.43. The molecular formula is C17H30N2O. The Hall–Kier alpha value is -1.06. The zero-order valence-corrected chi connectivity index (χ0v) is 13.6. The minimum absolute atomic E-state index is 0.497. The van der Waals surface area contributed by atoms with Crippen molar-refractivity contribution in [2.45, 2.75) is 45.7 Å². The van der Waals surface area contributed by atoms with Crippen molar-refractivity contribution in [1.82, 2.24) is 10.2 Å². The lowest BCUT2D eigenvalue weighted by molar-refractivity contribution is 0.231. The largest absolute Gasteiger partial charge is 0.496 e. The number of methoxy groups -OCH3 is 1. The third-order valence-corrected chi connectivity index (χ3v) is 3.76. The molecule has 0 radical (unpaired) electrons. The molecule has 1 aromatic rings. The zero-order valence-electron chi connectivity index (χ0n) is 13.6. The standard InChI is InChI=1S/C17H30N2O/c1-6-11-18-14(2)13-19(4)15(3)12-16-9-7-8-10-17(16)20-5/h7-10,14-15,18H,6,11-13H2,1-5H3. The average molecular weight is 278 g/mol. The molecule has 114 valence electrons. The lowest BCUT2D eigenvalue weighted by atomic mass is 10.0. The van der Waals surface area contributed by atoms with Crippen LogP contribution < -0.4 is 10.1 Å². The first-order valence-electron chi connectivity index (χ1n) is 7.64. The van der Waals surface area contributed by atoms with E-state index >= 15 is 0 Å². The van der Waals surface area contributed by atoms with Crippen molar-refractivity contribution in [3.8, 4) is 5.75 Å². The highest BCUT2D eigenvalue weighted by atomic mass is 16.5. The smallest absolute Gasteiger partial charge is 0.122 e. The molecule has 0 saturated heterocycles. The van der Waals surface area contributed by atoms with E-state index in [1.54, 1.807) is 7.11 Å². The quantitative estimate of drug-likeness (QED) is 0.751. The van der Waals surface area contributed by atoms with Crippen LogP contribution in [0.2, 0.25) is 0 Å². The van der Waals surface area contributed by atoms with Gasteiger partial charge in [0.1, 0.15) is 5.75 Å². The summed E-state index contributed by atoms with van der Waals surface area (Å²) in [5, 5.41) is 3.54. The first-order valence-corrected chi connectivity index (χ1v) is 7.64. The lowest BCUT2D eigenvalue weighted by Gasteiger charge is -2.28. The van der Waals surface area contributed by atoms with E-state index in [0.717, 1.165) is 25.3 Å². The van der Waals surface area contributed by atoms with Gasteiger partial charge in [-0.3, -0.25) is 0 Å². The van der Waals surface area contributed by atoms with Gasteiger partial charge in [0.15, 0.2) is 0 Å². The summed E-state index contributed by atoms with van der Waals surface area (Å²) in [5.41, 5.74) is 1.28. The maximum absolute atomic E-state index is 5.43. The van der Waals surface area contributed by atoms with Crippen LogP contribution in [0.4, 0.5) is 0 Å². The molecule has 0 bridgehead atoms. The Balaban J connectivity index is 2.50. The van der Waals surface area contributed by atoms with Crippen molar-refractivity contribution in [1.29, 1.82) is 0 Å². The summed E-state index contributed by atoms with van der Waals surface area (Å²) >= 11 is 0. The van der Waals surface area contributed by atoms with Gasteiger partial charge in [0.2, 0.25) is 0 Å². The van der Waals surface area contributed by atoms with Gasteiger partial charge in [-0.25, -0.2) is 0 Å². The first kappa shape index (κ1) is 17.0. The highest BCUT2D eigenvalue weighted by molar-refractivity contribution is 5.33. The molecule has 2 unspecified atom stereocenters. The van der Waals surface area contributed by atoms with Gasteiger partial charge in [-0.1, -0.05) is 25.1 Å². The number of hydrogen-bond donors (Lipinski definition) is 1. The summed E-state index contributed by atoms with van der Waals surface area (Å²) in [6, 6.07) is 9.32. The summed E-state index contributed by atoms with van der Waals surface area (Å²) in [4.78, 5) is 2.42. The Morgan fingerprint density at radius 1 is 1.25 bits per heavy atom. The van der Waals surface area contributed by atoms with Gasteiger partial charge in [0, 0.05) is 18.6 Å². The molecule has 0 aliphatic heterocycles. The molecule has 0 amide bonds. The van der Waals surface area contributed by atoms with E-state index in [9.17, 15) is 0 Å². The molecule has 0 fully saturated rings. The van der Waals surface area contributed by atoms with Gasteiger partial charge in [-0.05, 0) is 51.9 Å². The Labute approximate surface area is 124 Å². The molecule has 0 heterocycles. The van der Waals surface area contributed by atoms with Crippen LogP contribution in [0.3, 0.4) is 0 Å². The molecule has 0 aromatic heterocycles. The summed E-state index contributed by atoms with van der Waals surface area (Å²) in [6.45, 7) is 8.89. The van der Waals surface area contributed by atoms with Gasteiger partial charge in [0.05, 0.1) is 7.11 Å². The number of para-hydroxylation sites is 1. The summed E-state index contributed by atoms with van der Waals surface area (Å²) in [6.07, 6.45) is 2.20. The number of hydrogen-bond acceptors (Lipinski definition) is 3. The number of nitrogens with zero attached hydrogens (tertiary/aromatic N) is 1. The normalized spacial score (nSPS) is 14.3. The van der Waals surface area contributed by atoms with Gasteiger partial charge in [-0.15, -0.1) is 0 Å². The van der Waals surface area contributed by atoms with Gasteiger partial charge in [0.25, 0.3) is 0 Å². The number of nitrogens with one attached hydrogen (secondary N) is 1. The Morgan fingerprint density at radius 2 is 1.95 bits per heavy atom. The first-order chi connectivity index (χ1) is 9.58. The van der Waals surface area contributed by atoms with E-state index in [0.29, 0.717) is 12.1 Å². The SMILES string of the molecule is CCCNC(C)CN(C)C(C)Cc1ccccc1OC. The molecule has 20 heavy (non-hydrogen) atoms. The van der Waals surface area contributed by atoms with Crippen LogP contribution in [0.5, 0.6) is 5.75 Å². The fourth-order valence-corrected chi connectivity index (χ4v) is 2.41. The molecule has 1 rings (SSSR count). The van der Waals surface area contributed by atoms with Crippen molar-refractivity contribution < 1.29 is 4.74 Å². The molecule has 3 heteroatoms.